The average Bonchev–Trinajstić information content (AvgIpc) is 2.61. The van der Waals surface area contributed by atoms with Crippen molar-refractivity contribution in [3.8, 4) is 17.2 Å². The van der Waals surface area contributed by atoms with Crippen molar-refractivity contribution in [1.29, 1.82) is 5.26 Å². The van der Waals surface area contributed by atoms with Crippen LogP contribution in [0.4, 0.5) is 0 Å². The minimum absolute atomic E-state index is 0.0243. The van der Waals surface area contributed by atoms with Gasteiger partial charge in [-0.1, -0.05) is 41.4 Å². The van der Waals surface area contributed by atoms with Gasteiger partial charge in [-0.15, -0.1) is 0 Å². The second-order valence-electron chi connectivity index (χ2n) is 5.92. The maximum atomic E-state index is 12.6. The van der Waals surface area contributed by atoms with E-state index in [9.17, 15) is 4.79 Å². The van der Waals surface area contributed by atoms with E-state index in [2.05, 4.69) is 6.07 Å². The summed E-state index contributed by atoms with van der Waals surface area (Å²) in [5, 5.41) is 10.2. The number of piperidine rings is 1. The summed E-state index contributed by atoms with van der Waals surface area (Å²) in [7, 11) is 0. The summed E-state index contributed by atoms with van der Waals surface area (Å²) in [5.41, 5.74) is 2.44. The fourth-order valence-electron chi connectivity index (χ4n) is 2.97. The Labute approximate surface area is 151 Å². The summed E-state index contributed by atoms with van der Waals surface area (Å²) in [4.78, 5) is 14.4. The summed E-state index contributed by atoms with van der Waals surface area (Å²) in [6.45, 7) is 1.22. The third-order valence-electron chi connectivity index (χ3n) is 4.27. The number of halogens is 2. The molecule has 0 N–H and O–H groups in total. The Morgan fingerprint density at radius 1 is 1.17 bits per heavy atom. The highest BCUT2D eigenvalue weighted by Crippen LogP contribution is 2.30. The largest absolute Gasteiger partial charge is 0.337 e. The number of benzene rings is 2. The lowest BCUT2D eigenvalue weighted by Crippen LogP contribution is -2.39. The van der Waals surface area contributed by atoms with Gasteiger partial charge in [-0.05, 0) is 42.7 Å². The van der Waals surface area contributed by atoms with Crippen LogP contribution in [-0.4, -0.2) is 23.9 Å². The molecule has 1 fully saturated rings. The van der Waals surface area contributed by atoms with Crippen LogP contribution >= 0.6 is 23.2 Å². The molecular weight excluding hydrogens is 343 g/mol. The van der Waals surface area contributed by atoms with Crippen LogP contribution in [0.1, 0.15) is 23.2 Å². The number of amides is 1. The van der Waals surface area contributed by atoms with E-state index < -0.39 is 0 Å². The molecular formula is C19H16Cl2N2O. The molecule has 3 nitrogen and oxygen atoms in total. The number of likely N-dealkylation sites (tertiary alicyclic amines) is 1. The normalized spacial score (nSPS) is 17.4. The standard InChI is InChI=1S/C19H16Cl2N2O/c20-16-7-8-17(18(21)10-16)14-3-5-15(6-4-14)19(24)23-9-1-2-13(11-22)12-23/h3-8,10,13H,1-2,9,12H2/t13-/m0/s1. The maximum Gasteiger partial charge on any atom is 0.253 e. The average molecular weight is 359 g/mol. The van der Waals surface area contributed by atoms with Gasteiger partial charge in [0.2, 0.25) is 0 Å². The van der Waals surface area contributed by atoms with Crippen LogP contribution in [0.25, 0.3) is 11.1 Å². The van der Waals surface area contributed by atoms with Crippen molar-refractivity contribution >= 4 is 29.1 Å². The van der Waals surface area contributed by atoms with Gasteiger partial charge >= 0.3 is 0 Å². The summed E-state index contributed by atoms with van der Waals surface area (Å²) in [6.07, 6.45) is 1.75. The monoisotopic (exact) mass is 358 g/mol. The van der Waals surface area contributed by atoms with Crippen molar-refractivity contribution in [2.75, 3.05) is 13.1 Å². The van der Waals surface area contributed by atoms with Crippen LogP contribution in [0.3, 0.4) is 0 Å². The first-order valence-electron chi connectivity index (χ1n) is 7.83. The van der Waals surface area contributed by atoms with E-state index in [-0.39, 0.29) is 11.8 Å². The van der Waals surface area contributed by atoms with Gasteiger partial charge in [0.1, 0.15) is 0 Å². The highest BCUT2D eigenvalue weighted by molar-refractivity contribution is 6.36. The van der Waals surface area contributed by atoms with Gasteiger partial charge in [-0.3, -0.25) is 4.79 Å². The number of nitrogens with zero attached hydrogens (tertiary/aromatic N) is 2. The van der Waals surface area contributed by atoms with Crippen molar-refractivity contribution in [2.24, 2.45) is 5.92 Å². The zero-order chi connectivity index (χ0) is 17.1. The first-order chi connectivity index (χ1) is 11.6. The molecule has 1 saturated heterocycles. The Bertz CT molecular complexity index is 796. The number of hydrogen-bond donors (Lipinski definition) is 0. The lowest BCUT2D eigenvalue weighted by molar-refractivity contribution is 0.0699. The van der Waals surface area contributed by atoms with Crippen LogP contribution in [0.2, 0.25) is 10.0 Å². The molecule has 0 unspecified atom stereocenters. The number of rotatable bonds is 2. The molecule has 1 aliphatic rings. The van der Waals surface area contributed by atoms with Crippen LogP contribution < -0.4 is 0 Å². The second kappa shape index (κ2) is 7.25. The first kappa shape index (κ1) is 16.8. The molecule has 1 amide bonds. The molecule has 2 aromatic rings. The van der Waals surface area contributed by atoms with E-state index in [0.717, 1.165) is 24.0 Å². The molecule has 0 saturated carbocycles. The van der Waals surface area contributed by atoms with Crippen molar-refractivity contribution in [1.82, 2.24) is 4.90 Å². The fourth-order valence-corrected chi connectivity index (χ4v) is 3.48. The number of carbonyl (C=O) groups excluding carboxylic acids is 1. The van der Waals surface area contributed by atoms with Gasteiger partial charge in [0.15, 0.2) is 0 Å². The quantitative estimate of drug-likeness (QED) is 0.754. The van der Waals surface area contributed by atoms with Gasteiger partial charge in [-0.25, -0.2) is 0 Å². The smallest absolute Gasteiger partial charge is 0.253 e. The van der Waals surface area contributed by atoms with Crippen LogP contribution in [-0.2, 0) is 0 Å². The fraction of sp³-hybridized carbons (Fsp3) is 0.263. The van der Waals surface area contributed by atoms with Crippen LogP contribution in [0, 0.1) is 17.2 Å². The molecule has 122 valence electrons. The molecule has 0 aromatic heterocycles. The van der Waals surface area contributed by atoms with Crippen molar-refractivity contribution in [2.45, 2.75) is 12.8 Å². The molecule has 0 bridgehead atoms. The summed E-state index contributed by atoms with van der Waals surface area (Å²) in [6, 6.07) is 15.0. The van der Waals surface area contributed by atoms with E-state index in [1.165, 1.54) is 0 Å². The van der Waals surface area contributed by atoms with E-state index in [1.54, 1.807) is 29.2 Å². The summed E-state index contributed by atoms with van der Waals surface area (Å²) < 4.78 is 0. The lowest BCUT2D eigenvalue weighted by Gasteiger charge is -2.29. The third kappa shape index (κ3) is 3.56. The molecule has 1 atom stereocenters. The molecule has 0 radical (unpaired) electrons. The molecule has 0 aliphatic carbocycles. The van der Waals surface area contributed by atoms with E-state index >= 15 is 0 Å². The van der Waals surface area contributed by atoms with Gasteiger partial charge < -0.3 is 4.90 Å². The predicted octanol–water partition coefficient (Wildman–Crippen LogP) is 5.04. The Hall–Kier alpha value is -2.02. The van der Waals surface area contributed by atoms with Gasteiger partial charge in [-0.2, -0.15) is 5.26 Å². The second-order valence-corrected chi connectivity index (χ2v) is 6.76. The summed E-state index contributed by atoms with van der Waals surface area (Å²) in [5.74, 6) is -0.0847. The SMILES string of the molecule is N#C[C@@H]1CCCN(C(=O)c2ccc(-c3ccc(Cl)cc3Cl)cc2)C1. The predicted molar refractivity (Wildman–Crippen MR) is 96.1 cm³/mol. The van der Waals surface area contributed by atoms with Crippen LogP contribution in [0.15, 0.2) is 42.5 Å². The Morgan fingerprint density at radius 2 is 1.92 bits per heavy atom. The lowest BCUT2D eigenvalue weighted by atomic mass is 9.98. The molecule has 3 rings (SSSR count). The minimum atomic E-state index is -0.0603. The minimum Gasteiger partial charge on any atom is -0.337 e. The first-order valence-corrected chi connectivity index (χ1v) is 8.58. The number of carbonyl (C=O) groups is 1. The Kier molecular flexibility index (Phi) is 5.08. The number of hydrogen-bond acceptors (Lipinski definition) is 2. The van der Waals surface area contributed by atoms with Crippen LogP contribution in [0.5, 0.6) is 0 Å². The highest BCUT2D eigenvalue weighted by Gasteiger charge is 2.24. The Balaban J connectivity index is 1.79. The summed E-state index contributed by atoms with van der Waals surface area (Å²) >= 11 is 12.2. The zero-order valence-electron chi connectivity index (χ0n) is 13.0. The van der Waals surface area contributed by atoms with Gasteiger partial charge in [0, 0.05) is 34.3 Å². The van der Waals surface area contributed by atoms with Gasteiger partial charge in [0.25, 0.3) is 5.91 Å². The molecule has 0 spiro atoms. The van der Waals surface area contributed by atoms with Crippen molar-refractivity contribution < 1.29 is 4.79 Å². The van der Waals surface area contributed by atoms with E-state index in [1.807, 2.05) is 18.2 Å². The van der Waals surface area contributed by atoms with Crippen molar-refractivity contribution in [3.63, 3.8) is 0 Å². The highest BCUT2D eigenvalue weighted by atomic mass is 35.5. The zero-order valence-corrected chi connectivity index (χ0v) is 14.5. The molecule has 24 heavy (non-hydrogen) atoms. The van der Waals surface area contributed by atoms with Gasteiger partial charge in [0.05, 0.1) is 12.0 Å². The maximum absolute atomic E-state index is 12.6. The Morgan fingerprint density at radius 3 is 2.58 bits per heavy atom. The molecule has 1 heterocycles. The molecule has 5 heteroatoms. The topological polar surface area (TPSA) is 44.1 Å². The van der Waals surface area contributed by atoms with Crippen molar-refractivity contribution in [3.05, 3.63) is 58.1 Å². The molecule has 2 aromatic carbocycles. The number of nitriles is 1. The molecule has 1 aliphatic heterocycles. The van der Waals surface area contributed by atoms with E-state index in [4.69, 9.17) is 28.5 Å². The van der Waals surface area contributed by atoms with E-state index in [0.29, 0.717) is 28.7 Å². The third-order valence-corrected chi connectivity index (χ3v) is 4.81.